The first-order chi connectivity index (χ1) is 13.7. The number of rotatable bonds is 4. The van der Waals surface area contributed by atoms with Crippen molar-refractivity contribution in [1.29, 1.82) is 0 Å². The molecule has 0 aliphatic rings. The molecule has 4 aromatic rings. The molecule has 0 unspecified atom stereocenters. The fourth-order valence-electron chi connectivity index (χ4n) is 2.88. The minimum atomic E-state index is 0.709. The second kappa shape index (κ2) is 8.38. The fourth-order valence-corrected chi connectivity index (χ4v) is 3.87. The zero-order chi connectivity index (χ0) is 19.3. The Morgan fingerprint density at radius 1 is 0.857 bits per heavy atom. The van der Waals surface area contributed by atoms with E-state index in [4.69, 9.17) is 11.6 Å². The zero-order valence-electron chi connectivity index (χ0n) is 15.3. The van der Waals surface area contributed by atoms with Crippen LogP contribution in [0.25, 0.3) is 16.9 Å². The first-order valence-corrected chi connectivity index (χ1v) is 10.1. The predicted molar refractivity (Wildman–Crippen MR) is 118 cm³/mol. The van der Waals surface area contributed by atoms with Gasteiger partial charge in [0.25, 0.3) is 0 Å². The molecule has 0 radical (unpaired) electrons. The summed E-state index contributed by atoms with van der Waals surface area (Å²) < 4.78 is 2.14. The van der Waals surface area contributed by atoms with Crippen LogP contribution in [0.3, 0.4) is 0 Å². The van der Waals surface area contributed by atoms with Crippen molar-refractivity contribution in [3.05, 3.63) is 106 Å². The maximum absolute atomic E-state index is 5.97. The molecule has 3 nitrogen and oxygen atoms in total. The lowest BCUT2D eigenvalue weighted by atomic mass is 10.1. The van der Waals surface area contributed by atoms with Gasteiger partial charge in [-0.25, -0.2) is 0 Å². The molecular weight excluding hydrogens is 386 g/mol. The Morgan fingerprint density at radius 3 is 2.18 bits per heavy atom. The van der Waals surface area contributed by atoms with Crippen LogP contribution in [-0.4, -0.2) is 10.3 Å². The molecule has 0 aliphatic heterocycles. The quantitative estimate of drug-likeness (QED) is 0.287. The number of hydrogen-bond acceptors (Lipinski definition) is 3. The zero-order valence-corrected chi connectivity index (χ0v) is 16.9. The third-order valence-electron chi connectivity index (χ3n) is 4.34. The highest BCUT2D eigenvalue weighted by atomic mass is 35.5. The van der Waals surface area contributed by atoms with E-state index in [0.717, 1.165) is 33.0 Å². The van der Waals surface area contributed by atoms with Gasteiger partial charge in [0, 0.05) is 16.1 Å². The summed E-state index contributed by atoms with van der Waals surface area (Å²) in [6, 6.07) is 28.2. The molecule has 0 atom stereocenters. The Hall–Kier alpha value is -2.95. The normalized spacial score (nSPS) is 12.4. The molecule has 0 bridgehead atoms. The molecule has 0 spiro atoms. The number of benzene rings is 3. The molecule has 1 aromatic heterocycles. The smallest absolute Gasteiger partial charge is 0.215 e. The fraction of sp³-hybridized carbons (Fsp3) is 0.0435. The highest BCUT2D eigenvalue weighted by molar-refractivity contribution is 7.07. The molecule has 0 saturated carbocycles. The molecule has 3 aromatic carbocycles. The Bertz CT molecular complexity index is 1160. The standard InChI is InChI=1S/C23H18ClN3S/c1-17(18-12-14-20(24)15-13-18)25-26-23-27(21-10-6-3-7-11-21)22(16-28-23)19-8-4-2-5-9-19/h2-16H,1H3/b25-17-,26-23-. The van der Waals surface area contributed by atoms with E-state index in [-0.39, 0.29) is 0 Å². The van der Waals surface area contributed by atoms with Gasteiger partial charge in [-0.15, -0.1) is 16.4 Å². The van der Waals surface area contributed by atoms with Crippen LogP contribution in [0.5, 0.6) is 0 Å². The molecule has 1 heterocycles. The van der Waals surface area contributed by atoms with Gasteiger partial charge in [-0.1, -0.05) is 72.3 Å². The molecular formula is C23H18ClN3S. The Morgan fingerprint density at radius 2 is 1.50 bits per heavy atom. The number of para-hydroxylation sites is 1. The number of thiazole rings is 1. The van der Waals surface area contributed by atoms with Gasteiger partial charge < -0.3 is 0 Å². The van der Waals surface area contributed by atoms with Gasteiger partial charge in [0.15, 0.2) is 0 Å². The minimum absolute atomic E-state index is 0.709. The summed E-state index contributed by atoms with van der Waals surface area (Å²) in [5, 5.41) is 11.9. The van der Waals surface area contributed by atoms with Crippen LogP contribution in [0.2, 0.25) is 5.02 Å². The summed E-state index contributed by atoms with van der Waals surface area (Å²) in [7, 11) is 0. The second-order valence-electron chi connectivity index (χ2n) is 6.23. The van der Waals surface area contributed by atoms with Crippen molar-refractivity contribution in [2.45, 2.75) is 6.92 Å². The lowest BCUT2D eigenvalue weighted by molar-refractivity contribution is 0.970. The number of halogens is 1. The lowest BCUT2D eigenvalue weighted by Gasteiger charge is -2.08. The average Bonchev–Trinajstić information content (AvgIpc) is 3.18. The van der Waals surface area contributed by atoms with Crippen LogP contribution >= 0.6 is 22.9 Å². The van der Waals surface area contributed by atoms with E-state index < -0.39 is 0 Å². The van der Waals surface area contributed by atoms with E-state index in [2.05, 4.69) is 44.4 Å². The molecule has 4 rings (SSSR count). The lowest BCUT2D eigenvalue weighted by Crippen LogP contribution is -2.13. The van der Waals surface area contributed by atoms with Crippen molar-refractivity contribution in [2.75, 3.05) is 0 Å². The van der Waals surface area contributed by atoms with Crippen molar-refractivity contribution in [3.8, 4) is 16.9 Å². The van der Waals surface area contributed by atoms with Crippen molar-refractivity contribution in [2.24, 2.45) is 10.2 Å². The third kappa shape index (κ3) is 3.98. The van der Waals surface area contributed by atoms with Gasteiger partial charge in [0.05, 0.1) is 11.4 Å². The van der Waals surface area contributed by atoms with E-state index in [1.807, 2.05) is 67.6 Å². The highest BCUT2D eigenvalue weighted by Crippen LogP contribution is 2.23. The predicted octanol–water partition coefficient (Wildman–Crippen LogP) is 6.18. The third-order valence-corrected chi connectivity index (χ3v) is 5.41. The molecule has 138 valence electrons. The van der Waals surface area contributed by atoms with E-state index in [1.54, 1.807) is 11.3 Å². The van der Waals surface area contributed by atoms with Crippen LogP contribution in [0, 0.1) is 0 Å². The molecule has 0 fully saturated rings. The SMILES string of the molecule is C/C(=N/N=c1\scc(-c2ccccc2)n1-c1ccccc1)c1ccc(Cl)cc1. The minimum Gasteiger partial charge on any atom is -0.284 e. The maximum atomic E-state index is 5.97. The van der Waals surface area contributed by atoms with E-state index in [1.165, 1.54) is 0 Å². The summed E-state index contributed by atoms with van der Waals surface area (Å²) in [6.45, 7) is 1.95. The number of nitrogens with zero attached hydrogens (tertiary/aromatic N) is 3. The number of aromatic nitrogens is 1. The first kappa shape index (κ1) is 18.4. The van der Waals surface area contributed by atoms with Crippen molar-refractivity contribution in [1.82, 2.24) is 4.57 Å². The van der Waals surface area contributed by atoms with Crippen molar-refractivity contribution in [3.63, 3.8) is 0 Å². The van der Waals surface area contributed by atoms with Gasteiger partial charge in [-0.05, 0) is 42.3 Å². The second-order valence-corrected chi connectivity index (χ2v) is 7.51. The monoisotopic (exact) mass is 403 g/mol. The topological polar surface area (TPSA) is 29.6 Å². The van der Waals surface area contributed by atoms with Gasteiger partial charge in [-0.3, -0.25) is 4.57 Å². The summed E-state index contributed by atoms with van der Waals surface area (Å²) >= 11 is 7.55. The molecule has 5 heteroatoms. The van der Waals surface area contributed by atoms with Gasteiger partial charge >= 0.3 is 0 Å². The molecule has 0 N–H and O–H groups in total. The van der Waals surface area contributed by atoms with E-state index in [0.29, 0.717) is 5.02 Å². The number of hydrogen-bond donors (Lipinski definition) is 0. The summed E-state index contributed by atoms with van der Waals surface area (Å²) in [6.07, 6.45) is 0. The van der Waals surface area contributed by atoms with Crippen LogP contribution in [0.1, 0.15) is 12.5 Å². The summed E-state index contributed by atoms with van der Waals surface area (Å²) in [5.41, 5.74) is 5.13. The molecule has 0 saturated heterocycles. The van der Waals surface area contributed by atoms with Crippen LogP contribution in [0.15, 0.2) is 101 Å². The van der Waals surface area contributed by atoms with Crippen LogP contribution < -0.4 is 4.80 Å². The molecule has 28 heavy (non-hydrogen) atoms. The van der Waals surface area contributed by atoms with Crippen molar-refractivity contribution < 1.29 is 0 Å². The Kier molecular flexibility index (Phi) is 5.51. The summed E-state index contributed by atoms with van der Waals surface area (Å²) in [4.78, 5) is 0.818. The first-order valence-electron chi connectivity index (χ1n) is 8.88. The Labute approximate surface area is 172 Å². The average molecular weight is 404 g/mol. The van der Waals surface area contributed by atoms with Gasteiger partial charge in [0.1, 0.15) is 0 Å². The molecule has 0 aliphatic carbocycles. The van der Waals surface area contributed by atoms with Crippen LogP contribution in [-0.2, 0) is 0 Å². The van der Waals surface area contributed by atoms with E-state index >= 15 is 0 Å². The Balaban J connectivity index is 1.83. The largest absolute Gasteiger partial charge is 0.284 e. The summed E-state index contributed by atoms with van der Waals surface area (Å²) in [5.74, 6) is 0. The van der Waals surface area contributed by atoms with Crippen LogP contribution in [0.4, 0.5) is 0 Å². The van der Waals surface area contributed by atoms with Gasteiger partial charge in [0.2, 0.25) is 4.80 Å². The highest BCUT2D eigenvalue weighted by Gasteiger charge is 2.09. The van der Waals surface area contributed by atoms with E-state index in [9.17, 15) is 0 Å². The maximum Gasteiger partial charge on any atom is 0.215 e. The van der Waals surface area contributed by atoms with Crippen molar-refractivity contribution >= 4 is 28.6 Å². The van der Waals surface area contributed by atoms with Gasteiger partial charge in [-0.2, -0.15) is 5.10 Å². The molecule has 0 amide bonds.